The highest BCUT2D eigenvalue weighted by Gasteiger charge is 2.25. The number of benzene rings is 4. The molecule has 0 saturated heterocycles. The second-order valence-electron chi connectivity index (χ2n) is 7.65. The molecule has 0 radical (unpaired) electrons. The Morgan fingerprint density at radius 2 is 1.38 bits per heavy atom. The van der Waals surface area contributed by atoms with Crippen molar-refractivity contribution in [3.05, 3.63) is 54.6 Å². The maximum Gasteiger partial charge on any atom is 0.297 e. The molecule has 0 fully saturated rings. The number of fused-ring (bicyclic) bond motifs is 2. The fraction of sp³-hybridized carbons (Fsp3) is 0.0476. The van der Waals surface area contributed by atoms with Crippen molar-refractivity contribution in [3.63, 3.8) is 0 Å². The summed E-state index contributed by atoms with van der Waals surface area (Å²) in [4.78, 5) is -2.37. The van der Waals surface area contributed by atoms with Crippen LogP contribution in [0.1, 0.15) is 0 Å². The van der Waals surface area contributed by atoms with Crippen LogP contribution in [0.25, 0.3) is 21.5 Å². The van der Waals surface area contributed by atoms with E-state index < -0.39 is 62.2 Å². The van der Waals surface area contributed by atoms with Gasteiger partial charge in [0.05, 0.1) is 0 Å². The van der Waals surface area contributed by atoms with Gasteiger partial charge in [0.2, 0.25) is 0 Å². The van der Waals surface area contributed by atoms with Gasteiger partial charge in [-0.3, -0.25) is 13.7 Å². The number of phenolic OH excluding ortho intramolecular Hbond substituents is 1. The Bertz CT molecular complexity index is 1950. The molecule has 0 aromatic heterocycles. The van der Waals surface area contributed by atoms with Gasteiger partial charge in [-0.1, -0.05) is 24.3 Å². The van der Waals surface area contributed by atoms with E-state index in [-0.39, 0.29) is 21.5 Å². The van der Waals surface area contributed by atoms with Crippen LogP contribution in [0.5, 0.6) is 5.75 Å². The van der Waals surface area contributed by atoms with Crippen molar-refractivity contribution in [3.8, 4) is 5.75 Å². The molecule has 5 N–H and O–H groups in total. The van der Waals surface area contributed by atoms with E-state index in [2.05, 4.69) is 15.5 Å². The van der Waals surface area contributed by atoms with Gasteiger partial charge in [-0.25, -0.2) is 0 Å². The van der Waals surface area contributed by atoms with Crippen molar-refractivity contribution in [1.29, 1.82) is 0 Å². The van der Waals surface area contributed by atoms with E-state index in [1.165, 1.54) is 12.1 Å². The van der Waals surface area contributed by atoms with Gasteiger partial charge < -0.3 is 10.4 Å². The minimum absolute atomic E-state index is 0.125. The number of azo groups is 1. The minimum Gasteiger partial charge on any atom is -0.505 e. The molecule has 0 amide bonds. The number of rotatable bonds is 6. The Balaban J connectivity index is 2.04. The van der Waals surface area contributed by atoms with Crippen molar-refractivity contribution in [2.45, 2.75) is 14.7 Å². The van der Waals surface area contributed by atoms with Crippen LogP contribution in [-0.2, 0) is 30.4 Å². The minimum atomic E-state index is -5.09. The molecule has 4 rings (SSSR count). The third kappa shape index (κ3) is 4.97. The first-order valence-electron chi connectivity index (χ1n) is 10.0. The lowest BCUT2D eigenvalue weighted by Gasteiger charge is -2.11. The molecule has 4 aromatic rings. The molecule has 16 heteroatoms. The van der Waals surface area contributed by atoms with E-state index in [1.54, 1.807) is 13.1 Å². The summed E-state index contributed by atoms with van der Waals surface area (Å²) >= 11 is 0. The zero-order valence-corrected chi connectivity index (χ0v) is 21.0. The first-order valence-corrected chi connectivity index (χ1v) is 14.3. The summed E-state index contributed by atoms with van der Waals surface area (Å²) in [5.41, 5.74) is -0.744. The van der Waals surface area contributed by atoms with Gasteiger partial charge in [0.25, 0.3) is 30.4 Å². The summed E-state index contributed by atoms with van der Waals surface area (Å²) in [7, 11) is -13.2. The number of aromatic hydroxyl groups is 1. The SMILES string of the molecule is CNc1ccc2cc(S(=O)(=O)O)c(N=Nc3ccc4c(S(=O)(=O)O)cccc4c3S(=O)(=O)O)c(O)c2c1. The van der Waals surface area contributed by atoms with Crippen LogP contribution in [0.15, 0.2) is 79.5 Å². The highest BCUT2D eigenvalue weighted by molar-refractivity contribution is 7.86. The zero-order valence-electron chi connectivity index (χ0n) is 18.6. The first kappa shape index (κ1) is 26.4. The van der Waals surface area contributed by atoms with Crippen LogP contribution >= 0.6 is 0 Å². The molecule has 0 bridgehead atoms. The van der Waals surface area contributed by atoms with Gasteiger partial charge in [0, 0.05) is 28.9 Å². The van der Waals surface area contributed by atoms with Crippen molar-refractivity contribution >= 4 is 69.0 Å². The molecule has 0 aliphatic heterocycles. The summed E-state index contributed by atoms with van der Waals surface area (Å²) < 4.78 is 101. The summed E-state index contributed by atoms with van der Waals surface area (Å²) in [6, 6.07) is 10.9. The number of nitrogens with one attached hydrogen (secondary N) is 1. The van der Waals surface area contributed by atoms with E-state index in [0.717, 1.165) is 36.4 Å². The second-order valence-corrected chi connectivity index (χ2v) is 11.8. The molecule has 0 heterocycles. The van der Waals surface area contributed by atoms with Crippen LogP contribution in [0.4, 0.5) is 17.1 Å². The molecule has 13 nitrogen and oxygen atoms in total. The monoisotopic (exact) mass is 567 g/mol. The van der Waals surface area contributed by atoms with Crippen molar-refractivity contribution in [2.75, 3.05) is 12.4 Å². The Morgan fingerprint density at radius 1 is 0.703 bits per heavy atom. The largest absolute Gasteiger partial charge is 0.505 e. The molecule has 37 heavy (non-hydrogen) atoms. The molecular weight excluding hydrogens is 550 g/mol. The van der Waals surface area contributed by atoms with Crippen LogP contribution in [0, 0.1) is 0 Å². The van der Waals surface area contributed by atoms with Crippen molar-refractivity contribution in [1.82, 2.24) is 0 Å². The van der Waals surface area contributed by atoms with E-state index in [1.807, 2.05) is 0 Å². The van der Waals surface area contributed by atoms with Gasteiger partial charge in [-0.05, 0) is 35.7 Å². The molecule has 0 saturated carbocycles. The average Bonchev–Trinajstić information content (AvgIpc) is 2.80. The highest BCUT2D eigenvalue weighted by atomic mass is 32.2. The van der Waals surface area contributed by atoms with Gasteiger partial charge in [0.15, 0.2) is 5.75 Å². The normalized spacial score (nSPS) is 13.0. The molecule has 0 unspecified atom stereocenters. The molecule has 0 aliphatic rings. The topological polar surface area (TPSA) is 220 Å². The van der Waals surface area contributed by atoms with E-state index in [0.29, 0.717) is 5.69 Å². The van der Waals surface area contributed by atoms with Crippen LogP contribution in [0.3, 0.4) is 0 Å². The van der Waals surface area contributed by atoms with E-state index in [4.69, 9.17) is 0 Å². The van der Waals surface area contributed by atoms with Crippen molar-refractivity contribution in [2.24, 2.45) is 10.2 Å². The van der Waals surface area contributed by atoms with Crippen LogP contribution in [-0.4, -0.2) is 51.1 Å². The number of hydrogen-bond acceptors (Lipinski definition) is 10. The van der Waals surface area contributed by atoms with Gasteiger partial charge in [-0.2, -0.15) is 25.3 Å². The Labute approximate surface area is 210 Å². The summed E-state index contributed by atoms with van der Waals surface area (Å²) in [5.74, 6) is -0.700. The van der Waals surface area contributed by atoms with Gasteiger partial charge in [0.1, 0.15) is 26.1 Å². The molecule has 194 valence electrons. The zero-order chi connectivity index (χ0) is 27.3. The Hall–Kier alpha value is -3.67. The van der Waals surface area contributed by atoms with E-state index >= 15 is 0 Å². The molecule has 0 atom stereocenters. The van der Waals surface area contributed by atoms with Crippen molar-refractivity contribution < 1.29 is 44.0 Å². The summed E-state index contributed by atoms with van der Waals surface area (Å²) in [6.07, 6.45) is 0. The fourth-order valence-electron chi connectivity index (χ4n) is 3.76. The Morgan fingerprint density at radius 3 is 1.97 bits per heavy atom. The number of hydrogen-bond donors (Lipinski definition) is 5. The predicted molar refractivity (Wildman–Crippen MR) is 133 cm³/mol. The third-order valence-corrected chi connectivity index (χ3v) is 8.09. The molecule has 0 spiro atoms. The predicted octanol–water partition coefficient (Wildman–Crippen LogP) is 3.90. The Kier molecular flexibility index (Phi) is 6.43. The highest BCUT2D eigenvalue weighted by Crippen LogP contribution is 2.43. The quantitative estimate of drug-likeness (QED) is 0.166. The standard InChI is InChI=1S/C21H17N3O10S3/c1-22-12-6-5-11-9-18(36(29,30)31)19(20(25)15(11)10-12)24-23-16-8-7-13-14(21(16)37(32,33)34)3-2-4-17(13)35(26,27)28/h2-10,22,25H,1H3,(H,26,27,28)(H,29,30,31)(H,32,33,34). The van der Waals surface area contributed by atoms with Crippen LogP contribution < -0.4 is 5.32 Å². The van der Waals surface area contributed by atoms with E-state index in [9.17, 15) is 44.0 Å². The summed E-state index contributed by atoms with van der Waals surface area (Å²) in [6.45, 7) is 0. The maximum absolute atomic E-state index is 12.2. The smallest absolute Gasteiger partial charge is 0.297 e. The lowest BCUT2D eigenvalue weighted by atomic mass is 10.1. The lowest BCUT2D eigenvalue weighted by molar-refractivity contribution is 0.472. The molecule has 0 aliphatic carbocycles. The lowest BCUT2D eigenvalue weighted by Crippen LogP contribution is -2.03. The fourth-order valence-corrected chi connectivity index (χ4v) is 5.95. The second kappa shape index (κ2) is 9.02. The molecular formula is C21H17N3O10S3. The van der Waals surface area contributed by atoms with Gasteiger partial charge >= 0.3 is 0 Å². The van der Waals surface area contributed by atoms with Gasteiger partial charge in [-0.15, -0.1) is 10.2 Å². The third-order valence-electron chi connectivity index (χ3n) is 5.36. The number of anilines is 1. The average molecular weight is 568 g/mol. The number of phenols is 1. The summed E-state index contributed by atoms with van der Waals surface area (Å²) in [5, 5.41) is 20.7. The number of nitrogens with zero attached hydrogens (tertiary/aromatic N) is 2. The molecule has 4 aromatic carbocycles. The van der Waals surface area contributed by atoms with Crippen LogP contribution in [0.2, 0.25) is 0 Å². The maximum atomic E-state index is 12.2. The first-order chi connectivity index (χ1) is 17.1.